The van der Waals surface area contributed by atoms with Gasteiger partial charge in [0.05, 0.1) is 24.2 Å². The number of nitrogens with zero attached hydrogens (tertiary/aromatic N) is 2. The van der Waals surface area contributed by atoms with Gasteiger partial charge in [-0.1, -0.05) is 35.9 Å². The first kappa shape index (κ1) is 17.0. The van der Waals surface area contributed by atoms with Crippen molar-refractivity contribution in [3.8, 4) is 6.07 Å². The third kappa shape index (κ3) is 4.82. The molecule has 0 aliphatic carbocycles. The molecule has 1 unspecified atom stereocenters. The van der Waals surface area contributed by atoms with Crippen molar-refractivity contribution in [2.45, 2.75) is 19.1 Å². The molecule has 0 fully saturated rings. The normalized spacial score (nSPS) is 11.6. The monoisotopic (exact) mass is 328 g/mol. The molecule has 1 amide bonds. The molecule has 118 valence electrons. The van der Waals surface area contributed by atoms with Crippen LogP contribution in [-0.4, -0.2) is 23.0 Å². The Kier molecular flexibility index (Phi) is 5.75. The molecule has 2 rings (SSSR count). The van der Waals surface area contributed by atoms with E-state index in [1.807, 2.05) is 6.07 Å². The first-order valence-electron chi connectivity index (χ1n) is 7.16. The number of carbonyl (C=O) groups excluding carboxylic acids is 1. The second-order valence-corrected chi connectivity index (χ2v) is 5.77. The van der Waals surface area contributed by atoms with Gasteiger partial charge in [-0.25, -0.2) is 0 Å². The lowest BCUT2D eigenvalue weighted by Crippen LogP contribution is -2.27. The van der Waals surface area contributed by atoms with E-state index in [0.717, 1.165) is 5.56 Å². The van der Waals surface area contributed by atoms with Crippen molar-refractivity contribution in [1.82, 2.24) is 4.90 Å². The quantitative estimate of drug-likeness (QED) is 0.916. The zero-order valence-corrected chi connectivity index (χ0v) is 13.5. The number of halogens is 1. The Morgan fingerprint density at radius 1 is 1.30 bits per heavy atom. The summed E-state index contributed by atoms with van der Waals surface area (Å²) in [7, 11) is 1.68. The van der Waals surface area contributed by atoms with Crippen LogP contribution in [0.15, 0.2) is 48.5 Å². The van der Waals surface area contributed by atoms with E-state index in [2.05, 4.69) is 6.07 Å². The molecule has 0 aromatic heterocycles. The van der Waals surface area contributed by atoms with Gasteiger partial charge in [-0.3, -0.25) is 4.79 Å². The Hall–Kier alpha value is -2.35. The molecule has 0 bridgehead atoms. The van der Waals surface area contributed by atoms with Crippen LogP contribution in [0.5, 0.6) is 0 Å². The van der Waals surface area contributed by atoms with Crippen LogP contribution in [0, 0.1) is 11.3 Å². The molecular formula is C18H17ClN2O2. The summed E-state index contributed by atoms with van der Waals surface area (Å²) in [6.45, 7) is 0.391. The topological polar surface area (TPSA) is 64.3 Å². The Labute approximate surface area is 140 Å². The molecule has 4 nitrogen and oxygen atoms in total. The summed E-state index contributed by atoms with van der Waals surface area (Å²) in [5.41, 5.74) is 2.09. The van der Waals surface area contributed by atoms with Crippen LogP contribution >= 0.6 is 11.6 Å². The molecule has 0 aliphatic rings. The summed E-state index contributed by atoms with van der Waals surface area (Å²) in [6, 6.07) is 16.0. The fourth-order valence-electron chi connectivity index (χ4n) is 2.23. The van der Waals surface area contributed by atoms with Gasteiger partial charge in [0.2, 0.25) is 5.91 Å². The van der Waals surface area contributed by atoms with Gasteiger partial charge in [0.15, 0.2) is 0 Å². The molecule has 5 heteroatoms. The van der Waals surface area contributed by atoms with Gasteiger partial charge in [0.1, 0.15) is 0 Å². The van der Waals surface area contributed by atoms with E-state index in [4.69, 9.17) is 16.9 Å². The molecule has 2 aromatic carbocycles. The second kappa shape index (κ2) is 7.77. The van der Waals surface area contributed by atoms with E-state index >= 15 is 0 Å². The molecule has 0 spiro atoms. The van der Waals surface area contributed by atoms with Crippen molar-refractivity contribution in [3.63, 3.8) is 0 Å². The minimum Gasteiger partial charge on any atom is -0.388 e. The van der Waals surface area contributed by atoms with Gasteiger partial charge in [-0.2, -0.15) is 5.26 Å². The molecule has 0 saturated carbocycles. The summed E-state index contributed by atoms with van der Waals surface area (Å²) in [4.78, 5) is 13.8. The summed E-state index contributed by atoms with van der Waals surface area (Å²) < 4.78 is 0. The van der Waals surface area contributed by atoms with Gasteiger partial charge >= 0.3 is 0 Å². The van der Waals surface area contributed by atoms with Crippen LogP contribution in [0.2, 0.25) is 5.02 Å². The Balaban J connectivity index is 1.96. The highest BCUT2D eigenvalue weighted by atomic mass is 35.5. The summed E-state index contributed by atoms with van der Waals surface area (Å²) in [6.07, 6.45) is -0.872. The van der Waals surface area contributed by atoms with Crippen molar-refractivity contribution < 1.29 is 9.90 Å². The molecule has 1 N–H and O–H groups in total. The predicted octanol–water partition coefficient (Wildman–Crippen LogP) is 3.29. The molecule has 0 heterocycles. The van der Waals surface area contributed by atoms with Crippen LogP contribution in [0.25, 0.3) is 0 Å². The number of aliphatic hydroxyl groups is 1. The zero-order chi connectivity index (χ0) is 16.8. The molecule has 1 atom stereocenters. The number of amides is 1. The van der Waals surface area contributed by atoms with Crippen molar-refractivity contribution in [2.75, 3.05) is 7.05 Å². The van der Waals surface area contributed by atoms with E-state index in [1.165, 1.54) is 4.90 Å². The number of carbonyl (C=O) groups is 1. The molecule has 0 aliphatic heterocycles. The molecule has 0 radical (unpaired) electrons. The molecule has 0 saturated heterocycles. The van der Waals surface area contributed by atoms with Crippen molar-refractivity contribution in [2.24, 2.45) is 0 Å². The first-order chi connectivity index (χ1) is 11.0. The average molecular weight is 329 g/mol. The fraction of sp³-hybridized carbons (Fsp3) is 0.222. The highest BCUT2D eigenvalue weighted by molar-refractivity contribution is 6.30. The lowest BCUT2D eigenvalue weighted by atomic mass is 10.1. The maximum atomic E-state index is 12.2. The van der Waals surface area contributed by atoms with Gasteiger partial charge in [0, 0.05) is 18.6 Å². The van der Waals surface area contributed by atoms with Crippen molar-refractivity contribution in [3.05, 3.63) is 70.2 Å². The lowest BCUT2D eigenvalue weighted by Gasteiger charge is -2.19. The summed E-state index contributed by atoms with van der Waals surface area (Å²) >= 11 is 5.81. The third-order valence-electron chi connectivity index (χ3n) is 3.52. The minimum atomic E-state index is -0.868. The number of hydrogen-bond acceptors (Lipinski definition) is 3. The second-order valence-electron chi connectivity index (χ2n) is 5.33. The van der Waals surface area contributed by atoms with E-state index < -0.39 is 6.10 Å². The number of aliphatic hydroxyl groups excluding tert-OH is 1. The smallest absolute Gasteiger partial charge is 0.225 e. The largest absolute Gasteiger partial charge is 0.388 e. The summed E-state index contributed by atoms with van der Waals surface area (Å²) in [5, 5.41) is 19.6. The Morgan fingerprint density at radius 2 is 2.00 bits per heavy atom. The predicted molar refractivity (Wildman–Crippen MR) is 88.7 cm³/mol. The van der Waals surface area contributed by atoms with Crippen LogP contribution in [0.1, 0.15) is 29.2 Å². The number of benzene rings is 2. The number of nitriles is 1. The highest BCUT2D eigenvalue weighted by Gasteiger charge is 2.16. The molecular weight excluding hydrogens is 312 g/mol. The third-order valence-corrected chi connectivity index (χ3v) is 3.78. The van der Waals surface area contributed by atoms with Gasteiger partial charge in [-0.05, 0) is 35.4 Å². The van der Waals surface area contributed by atoms with Gasteiger partial charge < -0.3 is 10.0 Å². The maximum absolute atomic E-state index is 12.2. The van der Waals surface area contributed by atoms with Crippen molar-refractivity contribution in [1.29, 1.82) is 5.26 Å². The van der Waals surface area contributed by atoms with Gasteiger partial charge in [0.25, 0.3) is 0 Å². The van der Waals surface area contributed by atoms with Crippen LogP contribution in [0.4, 0.5) is 0 Å². The van der Waals surface area contributed by atoms with E-state index in [-0.39, 0.29) is 12.3 Å². The number of rotatable bonds is 5. The van der Waals surface area contributed by atoms with Crippen LogP contribution in [-0.2, 0) is 11.3 Å². The average Bonchev–Trinajstić information content (AvgIpc) is 2.55. The van der Waals surface area contributed by atoms with E-state index in [1.54, 1.807) is 49.5 Å². The molecule has 2 aromatic rings. The SMILES string of the molecule is CN(Cc1cccc(C#N)c1)C(=O)CC(O)c1ccc(Cl)cc1. The highest BCUT2D eigenvalue weighted by Crippen LogP contribution is 2.20. The van der Waals surface area contributed by atoms with Crippen molar-refractivity contribution >= 4 is 17.5 Å². The van der Waals surface area contributed by atoms with E-state index in [9.17, 15) is 9.90 Å². The van der Waals surface area contributed by atoms with Crippen LogP contribution < -0.4 is 0 Å². The standard InChI is InChI=1S/C18H17ClN2O2/c1-21(12-14-4-2-3-13(9-14)11-20)18(23)10-17(22)15-5-7-16(19)8-6-15/h2-9,17,22H,10,12H2,1H3. The first-order valence-corrected chi connectivity index (χ1v) is 7.54. The Morgan fingerprint density at radius 3 is 2.65 bits per heavy atom. The minimum absolute atomic E-state index is 0.00390. The van der Waals surface area contributed by atoms with Crippen LogP contribution in [0.3, 0.4) is 0 Å². The fourth-order valence-corrected chi connectivity index (χ4v) is 2.35. The number of hydrogen-bond donors (Lipinski definition) is 1. The maximum Gasteiger partial charge on any atom is 0.225 e. The molecule has 23 heavy (non-hydrogen) atoms. The van der Waals surface area contributed by atoms with E-state index in [0.29, 0.717) is 22.7 Å². The Bertz CT molecular complexity index is 723. The zero-order valence-electron chi connectivity index (χ0n) is 12.7. The summed E-state index contributed by atoms with van der Waals surface area (Å²) in [5.74, 6) is -0.171. The lowest BCUT2D eigenvalue weighted by molar-refractivity contribution is -0.132. The van der Waals surface area contributed by atoms with Gasteiger partial charge in [-0.15, -0.1) is 0 Å².